The fourth-order valence-corrected chi connectivity index (χ4v) is 4.43. The first kappa shape index (κ1) is 29.7. The van der Waals surface area contributed by atoms with Gasteiger partial charge in [-0.15, -0.1) is 0 Å². The van der Waals surface area contributed by atoms with Crippen LogP contribution in [0, 0.1) is 0 Å². The molecule has 0 saturated carbocycles. The molecule has 0 bridgehead atoms. The van der Waals surface area contributed by atoms with E-state index in [1.807, 2.05) is 6.92 Å². The minimum Gasteiger partial charge on any atom is -0.493 e. The zero-order valence-corrected chi connectivity index (χ0v) is 22.7. The Morgan fingerprint density at radius 2 is 1.67 bits per heavy atom. The summed E-state index contributed by atoms with van der Waals surface area (Å²) in [6, 6.07) is 6.56. The summed E-state index contributed by atoms with van der Waals surface area (Å²) >= 11 is 0. The van der Waals surface area contributed by atoms with Crippen molar-refractivity contribution in [1.82, 2.24) is 4.90 Å². The average Bonchev–Trinajstić information content (AvgIpc) is 2.94. The quantitative estimate of drug-likeness (QED) is 0.251. The van der Waals surface area contributed by atoms with E-state index >= 15 is 0 Å². The summed E-state index contributed by atoms with van der Waals surface area (Å²) < 4.78 is 28.5. The van der Waals surface area contributed by atoms with Crippen molar-refractivity contribution in [3.63, 3.8) is 0 Å². The number of carboxylic acids is 1. The zero-order chi connectivity index (χ0) is 28.2. The molecule has 0 radical (unpaired) electrons. The number of ketones is 1. The van der Waals surface area contributed by atoms with E-state index in [-0.39, 0.29) is 30.9 Å². The van der Waals surface area contributed by atoms with E-state index in [2.05, 4.69) is 18.1 Å². The summed E-state index contributed by atoms with van der Waals surface area (Å²) in [4.78, 5) is 28.1. The molecule has 1 N–H and O–H groups in total. The summed E-state index contributed by atoms with van der Waals surface area (Å²) in [5.74, 6) is 0.115. The Morgan fingerprint density at radius 1 is 0.974 bits per heavy atom. The molecular weight excluding hydrogens is 502 g/mol. The van der Waals surface area contributed by atoms with Gasteiger partial charge in [-0.2, -0.15) is 0 Å². The third-order valence-electron chi connectivity index (χ3n) is 6.29. The van der Waals surface area contributed by atoms with Crippen molar-refractivity contribution in [2.45, 2.75) is 19.8 Å². The number of hydrogen-bond acceptors (Lipinski definition) is 8. The van der Waals surface area contributed by atoms with Crippen LogP contribution in [0.25, 0.3) is 0 Å². The molecule has 1 aliphatic heterocycles. The van der Waals surface area contributed by atoms with E-state index < -0.39 is 11.8 Å². The SMILES string of the molecule is C=CCOc1cc(OCC=C)c(C(=O)c2ccc(OCCN3CCOCC3)c(OC)c2)c(CC(=O)O)c1CC. The van der Waals surface area contributed by atoms with E-state index in [1.165, 1.54) is 7.11 Å². The second-order valence-electron chi connectivity index (χ2n) is 8.83. The highest BCUT2D eigenvalue weighted by molar-refractivity contribution is 6.12. The Morgan fingerprint density at radius 3 is 2.28 bits per heavy atom. The molecule has 0 amide bonds. The van der Waals surface area contributed by atoms with Crippen molar-refractivity contribution in [3.8, 4) is 23.0 Å². The number of morpholine rings is 1. The molecular formula is C30H37NO8. The minimum atomic E-state index is -1.07. The summed E-state index contributed by atoms with van der Waals surface area (Å²) in [7, 11) is 1.51. The van der Waals surface area contributed by atoms with Gasteiger partial charge in [0.2, 0.25) is 0 Å². The standard InChI is InChI=1S/C30H37NO8/c1-5-13-37-25-20-27(38-14-6-2)29(23(19-28(32)33)22(25)7-3)30(34)21-8-9-24(26(18-21)35-4)39-17-12-31-10-15-36-16-11-31/h5-6,8-9,18,20H,1-2,7,10-17,19H2,3-4H3,(H,32,33). The van der Waals surface area contributed by atoms with Gasteiger partial charge in [0.05, 0.1) is 32.3 Å². The summed E-state index contributed by atoms with van der Waals surface area (Å²) in [5, 5.41) is 9.72. The van der Waals surface area contributed by atoms with Crippen molar-refractivity contribution in [1.29, 1.82) is 0 Å². The van der Waals surface area contributed by atoms with Gasteiger partial charge in [-0.25, -0.2) is 0 Å². The van der Waals surface area contributed by atoms with Gasteiger partial charge in [-0.1, -0.05) is 32.2 Å². The number of ether oxygens (including phenoxy) is 5. The number of benzene rings is 2. The highest BCUT2D eigenvalue weighted by Gasteiger charge is 2.27. The number of hydrogen-bond donors (Lipinski definition) is 1. The first-order valence-electron chi connectivity index (χ1n) is 13.0. The number of aliphatic carboxylic acids is 1. The Kier molecular flexibility index (Phi) is 11.4. The van der Waals surface area contributed by atoms with E-state index in [4.69, 9.17) is 23.7 Å². The van der Waals surface area contributed by atoms with Gasteiger partial charge in [0.15, 0.2) is 17.3 Å². The molecule has 2 aromatic rings. The van der Waals surface area contributed by atoms with Crippen molar-refractivity contribution in [2.24, 2.45) is 0 Å². The molecule has 3 rings (SSSR count). The maximum absolute atomic E-state index is 14.0. The number of nitrogens with zero attached hydrogens (tertiary/aromatic N) is 1. The molecule has 2 aromatic carbocycles. The van der Waals surface area contributed by atoms with Crippen molar-refractivity contribution < 1.29 is 38.4 Å². The Bertz CT molecular complexity index is 1170. The number of rotatable bonds is 16. The molecule has 1 saturated heterocycles. The highest BCUT2D eigenvalue weighted by Crippen LogP contribution is 2.38. The van der Waals surface area contributed by atoms with Crippen LogP contribution in [0.4, 0.5) is 0 Å². The molecule has 0 atom stereocenters. The van der Waals surface area contributed by atoms with Crippen molar-refractivity contribution >= 4 is 11.8 Å². The molecule has 9 nitrogen and oxygen atoms in total. The Hall–Kier alpha value is -3.82. The smallest absolute Gasteiger partial charge is 0.307 e. The molecule has 210 valence electrons. The molecule has 9 heteroatoms. The number of carbonyl (C=O) groups excluding carboxylic acids is 1. The first-order valence-corrected chi connectivity index (χ1v) is 13.0. The van der Waals surface area contributed by atoms with E-state index in [0.717, 1.165) is 19.6 Å². The highest BCUT2D eigenvalue weighted by atomic mass is 16.5. The number of carbonyl (C=O) groups is 2. The maximum atomic E-state index is 14.0. The van der Waals surface area contributed by atoms with E-state index in [1.54, 1.807) is 36.4 Å². The van der Waals surface area contributed by atoms with Crippen molar-refractivity contribution in [3.05, 3.63) is 71.8 Å². The van der Waals surface area contributed by atoms with Gasteiger partial charge in [-0.05, 0) is 35.7 Å². The molecule has 39 heavy (non-hydrogen) atoms. The molecule has 0 spiro atoms. The lowest BCUT2D eigenvalue weighted by atomic mass is 9.90. The predicted octanol–water partition coefficient (Wildman–Crippen LogP) is 3.96. The Balaban J connectivity index is 1.98. The average molecular weight is 540 g/mol. The monoisotopic (exact) mass is 539 g/mol. The van der Waals surface area contributed by atoms with Gasteiger partial charge in [-0.3, -0.25) is 14.5 Å². The van der Waals surface area contributed by atoms with Crippen LogP contribution in [0.5, 0.6) is 23.0 Å². The van der Waals surface area contributed by atoms with Gasteiger partial charge >= 0.3 is 5.97 Å². The molecule has 0 aromatic heterocycles. The molecule has 0 unspecified atom stereocenters. The fourth-order valence-electron chi connectivity index (χ4n) is 4.43. The van der Waals surface area contributed by atoms with Gasteiger partial charge in [0.1, 0.15) is 31.3 Å². The lowest BCUT2D eigenvalue weighted by Crippen LogP contribution is -2.38. The van der Waals surface area contributed by atoms with Gasteiger partial charge in [0.25, 0.3) is 0 Å². The fraction of sp³-hybridized carbons (Fsp3) is 0.400. The van der Waals surface area contributed by atoms with Crippen LogP contribution in [-0.2, 0) is 22.4 Å². The number of carboxylic acid groups (broad SMARTS) is 1. The van der Waals surface area contributed by atoms with Crippen molar-refractivity contribution in [2.75, 3.05) is 59.8 Å². The topological polar surface area (TPSA) is 104 Å². The lowest BCUT2D eigenvalue weighted by molar-refractivity contribution is -0.136. The van der Waals surface area contributed by atoms with Gasteiger partial charge < -0.3 is 28.8 Å². The van der Waals surface area contributed by atoms with E-state index in [0.29, 0.717) is 60.2 Å². The normalized spacial score (nSPS) is 13.4. The number of methoxy groups -OCH3 is 1. The first-order chi connectivity index (χ1) is 18.9. The maximum Gasteiger partial charge on any atom is 0.307 e. The van der Waals surface area contributed by atoms with Gasteiger partial charge in [0, 0.05) is 31.3 Å². The summed E-state index contributed by atoms with van der Waals surface area (Å²) in [6.45, 7) is 13.9. The third kappa shape index (κ3) is 7.84. The molecule has 1 heterocycles. The zero-order valence-electron chi connectivity index (χ0n) is 22.7. The van der Waals surface area contributed by atoms with Crippen LogP contribution in [0.15, 0.2) is 49.6 Å². The molecule has 0 aliphatic carbocycles. The van der Waals surface area contributed by atoms with Crippen LogP contribution in [-0.4, -0.2) is 81.5 Å². The summed E-state index contributed by atoms with van der Waals surface area (Å²) in [5.41, 5.74) is 1.46. The second-order valence-corrected chi connectivity index (χ2v) is 8.83. The Labute approximate surface area is 229 Å². The predicted molar refractivity (Wildman–Crippen MR) is 148 cm³/mol. The third-order valence-corrected chi connectivity index (χ3v) is 6.29. The van der Waals surface area contributed by atoms with Crippen LogP contribution in [0.3, 0.4) is 0 Å². The van der Waals surface area contributed by atoms with E-state index in [9.17, 15) is 14.7 Å². The van der Waals surface area contributed by atoms with Crippen LogP contribution in [0.2, 0.25) is 0 Å². The lowest BCUT2D eigenvalue weighted by Gasteiger charge is -2.26. The minimum absolute atomic E-state index is 0.123. The molecule has 1 fully saturated rings. The molecule has 1 aliphatic rings. The van der Waals surface area contributed by atoms with Crippen LogP contribution >= 0.6 is 0 Å². The van der Waals surface area contributed by atoms with Crippen LogP contribution < -0.4 is 18.9 Å². The second kappa shape index (κ2) is 14.9. The van der Waals surface area contributed by atoms with Crippen LogP contribution in [0.1, 0.15) is 34.0 Å². The summed E-state index contributed by atoms with van der Waals surface area (Å²) in [6.07, 6.45) is 3.22. The largest absolute Gasteiger partial charge is 0.493 e.